The zero-order chi connectivity index (χ0) is 17.9. The monoisotopic (exact) mass is 343 g/mol. The maximum Gasteiger partial charge on any atom is 0.324 e. The third-order valence-corrected chi connectivity index (χ3v) is 4.47. The van der Waals surface area contributed by atoms with Crippen molar-refractivity contribution >= 4 is 28.6 Å². The number of benzene rings is 1. The van der Waals surface area contributed by atoms with Crippen LogP contribution in [0.5, 0.6) is 0 Å². The molecule has 0 fully saturated rings. The largest absolute Gasteiger partial charge is 0.324 e. The van der Waals surface area contributed by atoms with Crippen LogP contribution < -0.4 is 10.6 Å². The van der Waals surface area contributed by atoms with Gasteiger partial charge in [0, 0.05) is 11.3 Å². The quantitative estimate of drug-likeness (QED) is 0.738. The molecule has 1 aliphatic carbocycles. The first-order valence-electron chi connectivity index (χ1n) is 8.47. The van der Waals surface area contributed by atoms with Crippen LogP contribution in [0.1, 0.15) is 30.4 Å². The van der Waals surface area contributed by atoms with Gasteiger partial charge >= 0.3 is 6.03 Å². The molecule has 6 heteroatoms. The van der Waals surface area contributed by atoms with Gasteiger partial charge in [0.25, 0.3) is 0 Å². The minimum atomic E-state index is -0.337. The van der Waals surface area contributed by atoms with Crippen molar-refractivity contribution in [3.63, 3.8) is 0 Å². The smallest absolute Gasteiger partial charge is 0.308 e. The average molecular weight is 343 g/mol. The van der Waals surface area contributed by atoms with E-state index in [0.29, 0.717) is 17.1 Å². The van der Waals surface area contributed by atoms with Gasteiger partial charge in [0.2, 0.25) is 0 Å². The highest BCUT2D eigenvalue weighted by Gasteiger charge is 2.16. The second-order valence-electron chi connectivity index (χ2n) is 6.17. The zero-order valence-electron chi connectivity index (χ0n) is 14.1. The fraction of sp³-hybridized carbons (Fsp3) is 0.150. The number of imidazole rings is 1. The van der Waals surface area contributed by atoms with Gasteiger partial charge in [-0.2, -0.15) is 5.26 Å². The lowest BCUT2D eigenvalue weighted by atomic mass is 10.1. The third-order valence-electron chi connectivity index (χ3n) is 4.47. The van der Waals surface area contributed by atoms with E-state index < -0.39 is 0 Å². The fourth-order valence-corrected chi connectivity index (χ4v) is 3.19. The maximum absolute atomic E-state index is 12.5. The number of pyridine rings is 1. The summed E-state index contributed by atoms with van der Waals surface area (Å²) in [4.78, 5) is 16.7. The van der Waals surface area contributed by atoms with Gasteiger partial charge < -0.3 is 5.32 Å². The number of nitrogens with one attached hydrogen (secondary N) is 2. The summed E-state index contributed by atoms with van der Waals surface area (Å²) in [6.45, 7) is 0. The molecule has 3 aromatic rings. The Hall–Kier alpha value is -3.59. The van der Waals surface area contributed by atoms with Crippen molar-refractivity contribution in [2.45, 2.75) is 19.3 Å². The number of aromatic nitrogens is 2. The Morgan fingerprint density at radius 3 is 2.73 bits per heavy atom. The number of anilines is 2. The summed E-state index contributed by atoms with van der Waals surface area (Å²) >= 11 is 0. The van der Waals surface area contributed by atoms with Gasteiger partial charge in [0.15, 0.2) is 0 Å². The number of amides is 2. The lowest BCUT2D eigenvalue weighted by Gasteiger charge is -2.15. The van der Waals surface area contributed by atoms with Crippen LogP contribution in [0.3, 0.4) is 0 Å². The van der Waals surface area contributed by atoms with Crippen LogP contribution in [0.25, 0.3) is 11.1 Å². The zero-order valence-corrected chi connectivity index (χ0v) is 14.1. The summed E-state index contributed by atoms with van der Waals surface area (Å²) in [5.74, 6) is 0.708. The number of urea groups is 1. The van der Waals surface area contributed by atoms with Crippen molar-refractivity contribution in [2.24, 2.45) is 0 Å². The first-order valence-corrected chi connectivity index (χ1v) is 8.47. The molecule has 0 saturated heterocycles. The molecule has 2 heterocycles. The molecular formula is C20H17N5O. The standard InChI is InChI=1S/C20H17N5O/c21-11-14-5-7-16(8-6-14)23-20(26)24-19-18(15-3-1-2-4-15)10-9-17-12-22-13-25(17)19/h3,5-10,12-13H,1-2,4H2,(H2,23,24,26). The lowest BCUT2D eigenvalue weighted by Crippen LogP contribution is -2.21. The molecule has 0 unspecified atom stereocenters. The molecule has 0 aliphatic heterocycles. The van der Waals surface area contributed by atoms with Crippen molar-refractivity contribution in [2.75, 3.05) is 10.6 Å². The van der Waals surface area contributed by atoms with E-state index in [4.69, 9.17) is 5.26 Å². The van der Waals surface area contributed by atoms with Gasteiger partial charge in [-0.3, -0.25) is 9.72 Å². The molecule has 0 spiro atoms. The maximum atomic E-state index is 12.5. The summed E-state index contributed by atoms with van der Waals surface area (Å²) in [7, 11) is 0. The molecule has 26 heavy (non-hydrogen) atoms. The molecule has 1 aromatic carbocycles. The average Bonchev–Trinajstić information content (AvgIpc) is 3.34. The Labute approximate surface area is 150 Å². The predicted octanol–water partition coefficient (Wildman–Crippen LogP) is 4.42. The number of hydrogen-bond acceptors (Lipinski definition) is 3. The molecule has 1 aliphatic rings. The van der Waals surface area contributed by atoms with Crippen LogP contribution in [0.15, 0.2) is 55.0 Å². The van der Waals surface area contributed by atoms with Gasteiger partial charge in [-0.1, -0.05) is 6.08 Å². The van der Waals surface area contributed by atoms with E-state index in [2.05, 4.69) is 27.8 Å². The highest BCUT2D eigenvalue weighted by molar-refractivity contribution is 6.01. The molecule has 2 amide bonds. The second-order valence-corrected chi connectivity index (χ2v) is 6.17. The molecule has 2 N–H and O–H groups in total. The number of nitriles is 1. The number of hydrogen-bond donors (Lipinski definition) is 2. The predicted molar refractivity (Wildman–Crippen MR) is 101 cm³/mol. The van der Waals surface area contributed by atoms with Crippen molar-refractivity contribution in [3.05, 3.63) is 66.1 Å². The number of allylic oxidation sites excluding steroid dienone is 2. The third kappa shape index (κ3) is 3.03. The summed E-state index contributed by atoms with van der Waals surface area (Å²) in [5, 5.41) is 14.6. The summed E-state index contributed by atoms with van der Waals surface area (Å²) in [5.41, 5.74) is 4.36. The molecule has 0 saturated carbocycles. The first kappa shape index (κ1) is 15.9. The summed E-state index contributed by atoms with van der Waals surface area (Å²) in [6, 6.07) is 12.5. The Morgan fingerprint density at radius 2 is 2.00 bits per heavy atom. The first-order chi connectivity index (χ1) is 12.7. The topological polar surface area (TPSA) is 82.2 Å². The molecule has 4 rings (SSSR count). The number of rotatable bonds is 3. The highest BCUT2D eigenvalue weighted by atomic mass is 16.2. The minimum Gasteiger partial charge on any atom is -0.308 e. The lowest BCUT2D eigenvalue weighted by molar-refractivity contribution is 0.262. The molecule has 0 atom stereocenters. The van der Waals surface area contributed by atoms with Crippen LogP contribution in [0, 0.1) is 11.3 Å². The van der Waals surface area contributed by atoms with Crippen LogP contribution in [-0.4, -0.2) is 15.4 Å². The van der Waals surface area contributed by atoms with Crippen molar-refractivity contribution in [1.82, 2.24) is 9.38 Å². The molecule has 6 nitrogen and oxygen atoms in total. The Kier molecular flexibility index (Phi) is 4.12. The summed E-state index contributed by atoms with van der Waals surface area (Å²) in [6.07, 6.45) is 8.89. The van der Waals surface area contributed by atoms with Gasteiger partial charge in [0.1, 0.15) is 12.1 Å². The molecule has 0 bridgehead atoms. The number of carbonyl (C=O) groups is 1. The van der Waals surface area contributed by atoms with E-state index in [1.807, 2.05) is 16.5 Å². The van der Waals surface area contributed by atoms with E-state index in [0.717, 1.165) is 30.3 Å². The highest BCUT2D eigenvalue weighted by Crippen LogP contribution is 2.33. The van der Waals surface area contributed by atoms with E-state index in [9.17, 15) is 4.79 Å². The van der Waals surface area contributed by atoms with E-state index in [-0.39, 0.29) is 6.03 Å². The van der Waals surface area contributed by atoms with Crippen molar-refractivity contribution in [1.29, 1.82) is 5.26 Å². The Morgan fingerprint density at radius 1 is 1.15 bits per heavy atom. The fourth-order valence-electron chi connectivity index (χ4n) is 3.19. The van der Waals surface area contributed by atoms with Crippen LogP contribution in [0.2, 0.25) is 0 Å². The van der Waals surface area contributed by atoms with Gasteiger partial charge in [-0.25, -0.2) is 9.78 Å². The van der Waals surface area contributed by atoms with Crippen LogP contribution in [-0.2, 0) is 0 Å². The van der Waals surface area contributed by atoms with Gasteiger partial charge in [0.05, 0.1) is 23.3 Å². The molecular weight excluding hydrogens is 326 g/mol. The number of nitrogens with zero attached hydrogens (tertiary/aromatic N) is 3. The summed E-state index contributed by atoms with van der Waals surface area (Å²) < 4.78 is 1.88. The van der Waals surface area contributed by atoms with Crippen LogP contribution >= 0.6 is 0 Å². The van der Waals surface area contributed by atoms with Gasteiger partial charge in [-0.05, 0) is 61.2 Å². The van der Waals surface area contributed by atoms with E-state index >= 15 is 0 Å². The number of carbonyl (C=O) groups excluding carboxylic acids is 1. The Bertz CT molecular complexity index is 1040. The molecule has 2 aromatic heterocycles. The van der Waals surface area contributed by atoms with Crippen molar-refractivity contribution in [3.8, 4) is 6.07 Å². The van der Waals surface area contributed by atoms with E-state index in [1.165, 1.54) is 5.57 Å². The molecule has 128 valence electrons. The molecule has 0 radical (unpaired) electrons. The number of fused-ring (bicyclic) bond motifs is 1. The van der Waals surface area contributed by atoms with Crippen molar-refractivity contribution < 1.29 is 4.79 Å². The van der Waals surface area contributed by atoms with Gasteiger partial charge in [-0.15, -0.1) is 0 Å². The second kappa shape index (κ2) is 6.73. The normalized spacial score (nSPS) is 13.3. The minimum absolute atomic E-state index is 0.337. The van der Waals surface area contributed by atoms with Crippen LogP contribution in [0.4, 0.5) is 16.3 Å². The van der Waals surface area contributed by atoms with E-state index in [1.54, 1.807) is 36.8 Å². The SMILES string of the molecule is N#Cc1ccc(NC(=O)Nc2c(C3=CCCC3)ccc3cncn23)cc1. The Balaban J connectivity index is 1.62.